The molecule has 2 aliphatic rings. The van der Waals surface area contributed by atoms with Crippen LogP contribution in [0.3, 0.4) is 0 Å². The Labute approximate surface area is 114 Å². The summed E-state index contributed by atoms with van der Waals surface area (Å²) in [6.45, 7) is 4.89. The van der Waals surface area contributed by atoms with Crippen LogP contribution in [0.15, 0.2) is 0 Å². The quantitative estimate of drug-likeness (QED) is 0.829. The molecule has 0 saturated heterocycles. The topological polar surface area (TPSA) is 15.3 Å². The molecule has 2 heteroatoms. The molecule has 0 bridgehead atoms. The van der Waals surface area contributed by atoms with E-state index in [2.05, 4.69) is 38.2 Å². The summed E-state index contributed by atoms with van der Waals surface area (Å²) in [5.74, 6) is 1.84. The first-order valence-electron chi connectivity index (χ1n) is 8.01. The maximum Gasteiger partial charge on any atom is 0.0121 e. The van der Waals surface area contributed by atoms with E-state index in [1.807, 2.05) is 0 Å². The highest BCUT2D eigenvalue weighted by Gasteiger charge is 2.33. The molecule has 2 nitrogen and oxygen atoms in total. The molecule has 3 unspecified atom stereocenters. The smallest absolute Gasteiger partial charge is 0.0121 e. The maximum atomic E-state index is 3.44. The summed E-state index contributed by atoms with van der Waals surface area (Å²) in [4.78, 5) is 2.74. The standard InChI is InChI=1S/C16H32N2/c1-12-5-10-16(13(2)11-12)18(4)15-8-6-14(17-3)7-9-15/h12-17H,5-11H2,1-4H3. The predicted octanol–water partition coefficient (Wildman–Crippen LogP) is 3.27. The zero-order valence-electron chi connectivity index (χ0n) is 12.8. The molecule has 0 aromatic rings. The fourth-order valence-electron chi connectivity index (χ4n) is 4.30. The number of hydrogen-bond acceptors (Lipinski definition) is 2. The van der Waals surface area contributed by atoms with Crippen molar-refractivity contribution >= 4 is 0 Å². The number of rotatable bonds is 3. The summed E-state index contributed by atoms with van der Waals surface area (Å²) in [6, 6.07) is 2.46. The Kier molecular flexibility index (Phi) is 5.08. The Morgan fingerprint density at radius 2 is 1.61 bits per heavy atom. The Morgan fingerprint density at radius 1 is 0.944 bits per heavy atom. The van der Waals surface area contributed by atoms with Gasteiger partial charge >= 0.3 is 0 Å². The lowest BCUT2D eigenvalue weighted by Gasteiger charge is -2.44. The van der Waals surface area contributed by atoms with Crippen LogP contribution in [0.2, 0.25) is 0 Å². The fraction of sp³-hybridized carbons (Fsp3) is 1.00. The molecule has 0 radical (unpaired) electrons. The van der Waals surface area contributed by atoms with Gasteiger partial charge in [-0.2, -0.15) is 0 Å². The third-order valence-electron chi connectivity index (χ3n) is 5.59. The van der Waals surface area contributed by atoms with E-state index in [-0.39, 0.29) is 0 Å². The molecule has 2 fully saturated rings. The molecule has 106 valence electrons. The first-order valence-corrected chi connectivity index (χ1v) is 8.01. The molecule has 0 aromatic heterocycles. The summed E-state index contributed by atoms with van der Waals surface area (Å²) in [6.07, 6.45) is 9.80. The van der Waals surface area contributed by atoms with Gasteiger partial charge in [-0.1, -0.05) is 13.8 Å². The summed E-state index contributed by atoms with van der Waals surface area (Å²) < 4.78 is 0. The highest BCUT2D eigenvalue weighted by atomic mass is 15.2. The van der Waals surface area contributed by atoms with E-state index in [0.29, 0.717) is 0 Å². The molecule has 0 amide bonds. The lowest BCUT2D eigenvalue weighted by atomic mass is 9.78. The minimum Gasteiger partial charge on any atom is -0.317 e. The van der Waals surface area contributed by atoms with E-state index in [1.54, 1.807) is 0 Å². The van der Waals surface area contributed by atoms with Gasteiger partial charge < -0.3 is 10.2 Å². The normalized spacial score (nSPS) is 42.2. The Bertz CT molecular complexity index is 245. The van der Waals surface area contributed by atoms with Crippen molar-refractivity contribution in [2.45, 2.75) is 76.9 Å². The Hall–Kier alpha value is -0.0800. The number of nitrogens with one attached hydrogen (secondary N) is 1. The van der Waals surface area contributed by atoms with E-state index >= 15 is 0 Å². The molecular formula is C16H32N2. The Morgan fingerprint density at radius 3 is 2.17 bits per heavy atom. The first-order chi connectivity index (χ1) is 8.61. The molecule has 2 saturated carbocycles. The average Bonchev–Trinajstić information content (AvgIpc) is 2.38. The van der Waals surface area contributed by atoms with Crippen LogP contribution in [0.5, 0.6) is 0 Å². The van der Waals surface area contributed by atoms with Gasteiger partial charge in [0.15, 0.2) is 0 Å². The summed E-state index contributed by atoms with van der Waals surface area (Å²) >= 11 is 0. The molecule has 1 N–H and O–H groups in total. The summed E-state index contributed by atoms with van der Waals surface area (Å²) in [5.41, 5.74) is 0. The predicted molar refractivity (Wildman–Crippen MR) is 78.8 cm³/mol. The van der Waals surface area contributed by atoms with Crippen molar-refractivity contribution in [3.63, 3.8) is 0 Å². The third-order valence-corrected chi connectivity index (χ3v) is 5.59. The van der Waals surface area contributed by atoms with Gasteiger partial charge in [0.2, 0.25) is 0 Å². The third kappa shape index (κ3) is 3.27. The van der Waals surface area contributed by atoms with Crippen LogP contribution in [-0.4, -0.2) is 37.1 Å². The minimum atomic E-state index is 0.776. The highest BCUT2D eigenvalue weighted by Crippen LogP contribution is 2.34. The zero-order valence-corrected chi connectivity index (χ0v) is 12.8. The van der Waals surface area contributed by atoms with Gasteiger partial charge in [0.25, 0.3) is 0 Å². The zero-order chi connectivity index (χ0) is 13.1. The fourth-order valence-corrected chi connectivity index (χ4v) is 4.30. The Balaban J connectivity index is 1.85. The minimum absolute atomic E-state index is 0.776. The van der Waals surface area contributed by atoms with Gasteiger partial charge in [-0.3, -0.25) is 0 Å². The lowest BCUT2D eigenvalue weighted by molar-refractivity contribution is 0.0601. The second-order valence-corrected chi connectivity index (χ2v) is 6.92. The molecular weight excluding hydrogens is 220 g/mol. The molecule has 0 aromatic carbocycles. The van der Waals surface area contributed by atoms with Crippen LogP contribution in [-0.2, 0) is 0 Å². The summed E-state index contributed by atoms with van der Waals surface area (Å²) in [5, 5.41) is 3.44. The van der Waals surface area contributed by atoms with Crippen molar-refractivity contribution in [3.05, 3.63) is 0 Å². The second-order valence-electron chi connectivity index (χ2n) is 6.92. The molecule has 3 atom stereocenters. The largest absolute Gasteiger partial charge is 0.317 e. The molecule has 18 heavy (non-hydrogen) atoms. The van der Waals surface area contributed by atoms with Crippen molar-refractivity contribution in [3.8, 4) is 0 Å². The van der Waals surface area contributed by atoms with E-state index in [1.165, 1.54) is 44.9 Å². The van der Waals surface area contributed by atoms with Crippen LogP contribution in [0.25, 0.3) is 0 Å². The van der Waals surface area contributed by atoms with Gasteiger partial charge in [-0.25, -0.2) is 0 Å². The highest BCUT2D eigenvalue weighted by molar-refractivity contribution is 4.88. The molecule has 0 aliphatic heterocycles. The number of hydrogen-bond donors (Lipinski definition) is 1. The SMILES string of the molecule is CNC1CCC(N(C)C2CCC(C)CC2C)CC1. The average molecular weight is 252 g/mol. The van der Waals surface area contributed by atoms with Crippen molar-refractivity contribution in [1.82, 2.24) is 10.2 Å². The van der Waals surface area contributed by atoms with Gasteiger partial charge in [0, 0.05) is 18.1 Å². The van der Waals surface area contributed by atoms with E-state index < -0.39 is 0 Å². The van der Waals surface area contributed by atoms with E-state index in [9.17, 15) is 0 Å². The van der Waals surface area contributed by atoms with Crippen molar-refractivity contribution in [1.29, 1.82) is 0 Å². The first kappa shape index (κ1) is 14.3. The molecule has 0 spiro atoms. The van der Waals surface area contributed by atoms with E-state index in [4.69, 9.17) is 0 Å². The van der Waals surface area contributed by atoms with Crippen LogP contribution < -0.4 is 5.32 Å². The molecule has 0 heterocycles. The van der Waals surface area contributed by atoms with Gasteiger partial charge in [-0.05, 0) is 70.9 Å². The van der Waals surface area contributed by atoms with E-state index in [0.717, 1.165) is 30.0 Å². The number of nitrogens with zero attached hydrogens (tertiary/aromatic N) is 1. The van der Waals surface area contributed by atoms with Gasteiger partial charge in [-0.15, -0.1) is 0 Å². The second kappa shape index (κ2) is 6.38. The summed E-state index contributed by atoms with van der Waals surface area (Å²) in [7, 11) is 4.50. The van der Waals surface area contributed by atoms with Crippen LogP contribution in [0.4, 0.5) is 0 Å². The van der Waals surface area contributed by atoms with Crippen LogP contribution >= 0.6 is 0 Å². The molecule has 2 aliphatic carbocycles. The monoisotopic (exact) mass is 252 g/mol. The van der Waals surface area contributed by atoms with Crippen molar-refractivity contribution in [2.24, 2.45) is 11.8 Å². The van der Waals surface area contributed by atoms with Crippen molar-refractivity contribution < 1.29 is 0 Å². The maximum absolute atomic E-state index is 3.44. The molecule has 2 rings (SSSR count). The lowest BCUT2D eigenvalue weighted by Crippen LogP contribution is -2.48. The van der Waals surface area contributed by atoms with Crippen LogP contribution in [0, 0.1) is 11.8 Å². The van der Waals surface area contributed by atoms with Gasteiger partial charge in [0.05, 0.1) is 0 Å². The van der Waals surface area contributed by atoms with Crippen molar-refractivity contribution in [2.75, 3.05) is 14.1 Å². The van der Waals surface area contributed by atoms with Gasteiger partial charge in [0.1, 0.15) is 0 Å². The van der Waals surface area contributed by atoms with Crippen LogP contribution in [0.1, 0.15) is 58.8 Å².